The highest BCUT2D eigenvalue weighted by Gasteiger charge is 2.27. The first-order valence-electron chi connectivity index (χ1n) is 6.91. The molecule has 20 heavy (non-hydrogen) atoms. The molecule has 1 aliphatic heterocycles. The molecular weight excluding hydrogens is 322 g/mol. The van der Waals surface area contributed by atoms with Crippen molar-refractivity contribution in [1.82, 2.24) is 4.90 Å². The van der Waals surface area contributed by atoms with Crippen molar-refractivity contribution in [2.45, 2.75) is 44.8 Å². The second-order valence-corrected chi connectivity index (χ2v) is 6.23. The maximum Gasteiger partial charge on any atom is 0.270 e. The number of hydrogen-bond donors (Lipinski definition) is 1. The number of rotatable bonds is 4. The van der Waals surface area contributed by atoms with Gasteiger partial charge in [-0.05, 0) is 31.4 Å². The van der Waals surface area contributed by atoms with Gasteiger partial charge in [-0.25, -0.2) is 0 Å². The van der Waals surface area contributed by atoms with Crippen LogP contribution in [0.15, 0.2) is 22.7 Å². The van der Waals surface area contributed by atoms with E-state index in [4.69, 9.17) is 5.73 Å². The van der Waals surface area contributed by atoms with Gasteiger partial charge in [0.1, 0.15) is 0 Å². The number of nitro benzene ring substituents is 1. The second-order valence-electron chi connectivity index (χ2n) is 5.37. The number of hydrogen-bond acceptors (Lipinski definition) is 4. The van der Waals surface area contributed by atoms with Gasteiger partial charge < -0.3 is 5.73 Å². The first-order chi connectivity index (χ1) is 9.52. The van der Waals surface area contributed by atoms with Crippen molar-refractivity contribution in [3.05, 3.63) is 38.3 Å². The van der Waals surface area contributed by atoms with Gasteiger partial charge in [0, 0.05) is 41.8 Å². The Morgan fingerprint density at radius 2 is 2.25 bits per heavy atom. The van der Waals surface area contributed by atoms with Gasteiger partial charge in [-0.1, -0.05) is 22.4 Å². The van der Waals surface area contributed by atoms with Crippen LogP contribution in [0.5, 0.6) is 0 Å². The minimum Gasteiger partial charge on any atom is -0.329 e. The molecule has 2 rings (SSSR count). The molecule has 0 amide bonds. The topological polar surface area (TPSA) is 72.4 Å². The highest BCUT2D eigenvalue weighted by Crippen LogP contribution is 2.29. The lowest BCUT2D eigenvalue weighted by molar-refractivity contribution is -0.384. The Kier molecular flexibility index (Phi) is 5.12. The highest BCUT2D eigenvalue weighted by molar-refractivity contribution is 9.10. The number of nitro groups is 1. The van der Waals surface area contributed by atoms with Crippen LogP contribution < -0.4 is 5.73 Å². The predicted octanol–water partition coefficient (Wildman–Crippen LogP) is 3.06. The lowest BCUT2D eigenvalue weighted by atomic mass is 9.95. The number of piperidine rings is 1. The molecule has 0 radical (unpaired) electrons. The summed E-state index contributed by atoms with van der Waals surface area (Å²) in [5.41, 5.74) is 7.05. The summed E-state index contributed by atoms with van der Waals surface area (Å²) in [6.07, 6.45) is 3.54. The summed E-state index contributed by atoms with van der Waals surface area (Å²) in [6, 6.07) is 5.87. The Hall–Kier alpha value is -0.980. The van der Waals surface area contributed by atoms with Crippen LogP contribution >= 0.6 is 15.9 Å². The molecule has 110 valence electrons. The summed E-state index contributed by atoms with van der Waals surface area (Å²) < 4.78 is 0.792. The molecule has 2 N–H and O–H groups in total. The SMILES string of the molecule is CC1CCCC(CN)N1Cc1ccc([N+](=O)[O-])cc1Br. The summed E-state index contributed by atoms with van der Waals surface area (Å²) in [5.74, 6) is 0. The van der Waals surface area contributed by atoms with E-state index in [9.17, 15) is 10.1 Å². The fourth-order valence-corrected chi connectivity index (χ4v) is 3.35. The molecule has 1 aromatic rings. The van der Waals surface area contributed by atoms with Crippen LogP contribution in [0.1, 0.15) is 31.7 Å². The molecule has 0 bridgehead atoms. The Morgan fingerprint density at radius 3 is 2.85 bits per heavy atom. The van der Waals surface area contributed by atoms with E-state index in [1.54, 1.807) is 12.1 Å². The van der Waals surface area contributed by atoms with Gasteiger partial charge in [-0.2, -0.15) is 0 Å². The maximum absolute atomic E-state index is 10.8. The Morgan fingerprint density at radius 1 is 1.50 bits per heavy atom. The van der Waals surface area contributed by atoms with Gasteiger partial charge >= 0.3 is 0 Å². The van der Waals surface area contributed by atoms with Crippen molar-refractivity contribution in [1.29, 1.82) is 0 Å². The van der Waals surface area contributed by atoms with E-state index < -0.39 is 0 Å². The van der Waals surface area contributed by atoms with E-state index in [0.29, 0.717) is 18.6 Å². The third-order valence-corrected chi connectivity index (χ3v) is 4.81. The lowest BCUT2D eigenvalue weighted by Gasteiger charge is -2.40. The summed E-state index contributed by atoms with van der Waals surface area (Å²) in [7, 11) is 0. The van der Waals surface area contributed by atoms with E-state index in [0.717, 1.165) is 23.0 Å². The standard InChI is InChI=1S/C14H20BrN3O2/c1-10-3-2-4-13(8-16)17(10)9-11-5-6-12(18(19)20)7-14(11)15/h5-7,10,13H,2-4,8-9,16H2,1H3. The van der Waals surface area contributed by atoms with Crippen molar-refractivity contribution in [3.63, 3.8) is 0 Å². The summed E-state index contributed by atoms with van der Waals surface area (Å²) in [4.78, 5) is 12.8. The minimum atomic E-state index is -0.374. The first-order valence-corrected chi connectivity index (χ1v) is 7.71. The highest BCUT2D eigenvalue weighted by atomic mass is 79.9. The van der Waals surface area contributed by atoms with Gasteiger partial charge in [-0.3, -0.25) is 15.0 Å². The maximum atomic E-state index is 10.8. The Balaban J connectivity index is 2.17. The van der Waals surface area contributed by atoms with Crippen LogP contribution in [0.4, 0.5) is 5.69 Å². The fraction of sp³-hybridized carbons (Fsp3) is 0.571. The second kappa shape index (κ2) is 6.65. The van der Waals surface area contributed by atoms with Crippen molar-refractivity contribution in [3.8, 4) is 0 Å². The van der Waals surface area contributed by atoms with Crippen molar-refractivity contribution in [2.24, 2.45) is 5.73 Å². The zero-order valence-electron chi connectivity index (χ0n) is 11.6. The van der Waals surface area contributed by atoms with Crippen LogP contribution in [-0.4, -0.2) is 28.5 Å². The zero-order chi connectivity index (χ0) is 14.7. The van der Waals surface area contributed by atoms with Crippen molar-refractivity contribution >= 4 is 21.6 Å². The van der Waals surface area contributed by atoms with Crippen LogP contribution in [0.2, 0.25) is 0 Å². The molecule has 6 heteroatoms. The van der Waals surface area contributed by atoms with Gasteiger partial charge in [0.25, 0.3) is 5.69 Å². The van der Waals surface area contributed by atoms with E-state index in [1.807, 2.05) is 6.07 Å². The molecule has 0 aromatic heterocycles. The van der Waals surface area contributed by atoms with E-state index >= 15 is 0 Å². The molecule has 1 aromatic carbocycles. The Bertz CT molecular complexity index is 495. The van der Waals surface area contributed by atoms with Crippen LogP contribution in [-0.2, 0) is 6.54 Å². The van der Waals surface area contributed by atoms with Crippen LogP contribution in [0.25, 0.3) is 0 Å². The van der Waals surface area contributed by atoms with Crippen molar-refractivity contribution in [2.75, 3.05) is 6.54 Å². The largest absolute Gasteiger partial charge is 0.329 e. The van der Waals surface area contributed by atoms with Gasteiger partial charge in [0.05, 0.1) is 4.92 Å². The molecular formula is C14H20BrN3O2. The molecule has 2 atom stereocenters. The minimum absolute atomic E-state index is 0.114. The number of benzene rings is 1. The third kappa shape index (κ3) is 3.37. The molecule has 1 fully saturated rings. The zero-order valence-corrected chi connectivity index (χ0v) is 13.2. The van der Waals surface area contributed by atoms with E-state index in [-0.39, 0.29) is 10.6 Å². The number of nitrogens with zero attached hydrogens (tertiary/aromatic N) is 2. The van der Waals surface area contributed by atoms with Crippen molar-refractivity contribution < 1.29 is 4.92 Å². The summed E-state index contributed by atoms with van der Waals surface area (Å²) in [5, 5.41) is 10.8. The normalized spacial score (nSPS) is 23.8. The van der Waals surface area contributed by atoms with Crippen LogP contribution in [0, 0.1) is 10.1 Å². The number of nitrogens with two attached hydrogens (primary N) is 1. The average molecular weight is 342 g/mol. The molecule has 5 nitrogen and oxygen atoms in total. The van der Waals surface area contributed by atoms with Gasteiger partial charge in [0.15, 0.2) is 0 Å². The molecule has 2 unspecified atom stereocenters. The van der Waals surface area contributed by atoms with Crippen LogP contribution in [0.3, 0.4) is 0 Å². The monoisotopic (exact) mass is 341 g/mol. The average Bonchev–Trinajstić information content (AvgIpc) is 2.42. The fourth-order valence-electron chi connectivity index (χ4n) is 2.85. The third-order valence-electron chi connectivity index (χ3n) is 4.07. The number of non-ortho nitro benzene ring substituents is 1. The number of halogens is 1. The first kappa shape index (κ1) is 15.4. The summed E-state index contributed by atoms with van der Waals surface area (Å²) >= 11 is 3.44. The smallest absolute Gasteiger partial charge is 0.270 e. The molecule has 1 heterocycles. The molecule has 0 aliphatic carbocycles. The molecule has 0 saturated carbocycles. The quantitative estimate of drug-likeness (QED) is 0.674. The predicted molar refractivity (Wildman–Crippen MR) is 82.5 cm³/mol. The summed E-state index contributed by atoms with van der Waals surface area (Å²) in [6.45, 7) is 3.66. The van der Waals surface area contributed by atoms with E-state index in [2.05, 4.69) is 27.8 Å². The number of likely N-dealkylation sites (tertiary alicyclic amines) is 1. The molecule has 1 saturated heterocycles. The lowest BCUT2D eigenvalue weighted by Crippen LogP contribution is -2.48. The van der Waals surface area contributed by atoms with E-state index in [1.165, 1.54) is 12.8 Å². The van der Waals surface area contributed by atoms with Gasteiger partial charge in [-0.15, -0.1) is 0 Å². The molecule has 0 spiro atoms. The Labute approximate surface area is 127 Å². The van der Waals surface area contributed by atoms with Gasteiger partial charge in [0.2, 0.25) is 0 Å². The molecule has 1 aliphatic rings.